The molecule has 0 fully saturated rings. The number of aromatic nitrogens is 1. The number of rotatable bonds is 3. The van der Waals surface area contributed by atoms with Crippen LogP contribution >= 0.6 is 0 Å². The van der Waals surface area contributed by atoms with Crippen molar-refractivity contribution in [3.8, 4) is 0 Å². The van der Waals surface area contributed by atoms with Crippen molar-refractivity contribution >= 4 is 26.6 Å². The first kappa shape index (κ1) is 15.2. The summed E-state index contributed by atoms with van der Waals surface area (Å²) in [6.07, 6.45) is 1.39. The van der Waals surface area contributed by atoms with Crippen molar-refractivity contribution in [2.75, 3.05) is 0 Å². The predicted molar refractivity (Wildman–Crippen MR) is 86.9 cm³/mol. The summed E-state index contributed by atoms with van der Waals surface area (Å²) in [5, 5.41) is 0.566. The molecule has 0 aliphatic heterocycles. The van der Waals surface area contributed by atoms with Gasteiger partial charge in [-0.05, 0) is 42.8 Å². The summed E-state index contributed by atoms with van der Waals surface area (Å²) < 4.78 is 25.5. The fourth-order valence-electron chi connectivity index (χ4n) is 2.42. The van der Waals surface area contributed by atoms with Crippen LogP contribution in [-0.2, 0) is 9.84 Å². The number of pyridine rings is 1. The second kappa shape index (κ2) is 5.48. The van der Waals surface area contributed by atoms with Gasteiger partial charge in [0.25, 0.3) is 0 Å². The van der Waals surface area contributed by atoms with Gasteiger partial charge in [0, 0.05) is 11.6 Å². The Morgan fingerprint density at radius 2 is 1.74 bits per heavy atom. The molecule has 0 aliphatic carbocycles. The van der Waals surface area contributed by atoms with Crippen molar-refractivity contribution in [2.24, 2.45) is 5.73 Å². The Kier molecular flexibility index (Phi) is 3.61. The summed E-state index contributed by atoms with van der Waals surface area (Å²) >= 11 is 0. The van der Waals surface area contributed by atoms with Crippen LogP contribution in [0, 0.1) is 6.92 Å². The molecule has 3 rings (SSSR count). The van der Waals surface area contributed by atoms with Crippen LogP contribution in [0.4, 0.5) is 0 Å². The van der Waals surface area contributed by atoms with Gasteiger partial charge in [-0.3, -0.25) is 9.78 Å². The van der Waals surface area contributed by atoms with Crippen LogP contribution in [0.25, 0.3) is 10.9 Å². The molecular formula is C17H14N2O3S. The first-order valence-corrected chi connectivity index (χ1v) is 8.38. The second-order valence-electron chi connectivity index (χ2n) is 5.22. The van der Waals surface area contributed by atoms with Gasteiger partial charge in [0.05, 0.1) is 20.9 Å². The molecule has 116 valence electrons. The van der Waals surface area contributed by atoms with Gasteiger partial charge in [0.15, 0.2) is 0 Å². The summed E-state index contributed by atoms with van der Waals surface area (Å²) in [7, 11) is -3.63. The number of hydrogen-bond acceptors (Lipinski definition) is 4. The molecule has 0 aliphatic rings. The molecule has 0 saturated carbocycles. The van der Waals surface area contributed by atoms with Crippen LogP contribution in [0.5, 0.6) is 0 Å². The number of nitrogens with two attached hydrogens (primary N) is 1. The molecule has 2 aromatic carbocycles. The highest BCUT2D eigenvalue weighted by atomic mass is 32.2. The SMILES string of the molecule is Cc1cc(S(=O)(=O)c2ccccc2)cc2cc(C(N)=O)cnc12. The monoisotopic (exact) mass is 326 g/mol. The summed E-state index contributed by atoms with van der Waals surface area (Å²) in [5.41, 5.74) is 6.86. The predicted octanol–water partition coefficient (Wildman–Crippen LogP) is 2.47. The molecule has 3 aromatic rings. The van der Waals surface area contributed by atoms with E-state index < -0.39 is 15.7 Å². The van der Waals surface area contributed by atoms with E-state index in [4.69, 9.17) is 5.73 Å². The molecule has 1 aromatic heterocycles. The fraction of sp³-hybridized carbons (Fsp3) is 0.0588. The van der Waals surface area contributed by atoms with Crippen LogP contribution in [0.15, 0.2) is 64.5 Å². The van der Waals surface area contributed by atoms with Gasteiger partial charge in [-0.2, -0.15) is 0 Å². The third-order valence-electron chi connectivity index (χ3n) is 3.60. The number of carbonyl (C=O) groups excluding carboxylic acids is 1. The Morgan fingerprint density at radius 1 is 1.04 bits per heavy atom. The minimum atomic E-state index is -3.63. The average molecular weight is 326 g/mol. The minimum Gasteiger partial charge on any atom is -0.366 e. The molecule has 0 radical (unpaired) electrons. The number of nitrogens with zero attached hydrogens (tertiary/aromatic N) is 1. The molecule has 0 spiro atoms. The number of fused-ring (bicyclic) bond motifs is 1. The lowest BCUT2D eigenvalue weighted by Gasteiger charge is -2.09. The van der Waals surface area contributed by atoms with E-state index in [-0.39, 0.29) is 15.4 Å². The van der Waals surface area contributed by atoms with Crippen LogP contribution in [0.2, 0.25) is 0 Å². The van der Waals surface area contributed by atoms with Crippen LogP contribution in [0.1, 0.15) is 15.9 Å². The Hall–Kier alpha value is -2.73. The maximum Gasteiger partial charge on any atom is 0.250 e. The summed E-state index contributed by atoms with van der Waals surface area (Å²) in [5.74, 6) is -0.603. The molecule has 0 saturated heterocycles. The lowest BCUT2D eigenvalue weighted by atomic mass is 10.1. The molecule has 0 unspecified atom stereocenters. The number of carbonyl (C=O) groups is 1. The molecule has 0 atom stereocenters. The number of primary amides is 1. The highest BCUT2D eigenvalue weighted by Crippen LogP contribution is 2.26. The smallest absolute Gasteiger partial charge is 0.250 e. The molecule has 1 heterocycles. The lowest BCUT2D eigenvalue weighted by Crippen LogP contribution is -2.11. The Labute approximate surface area is 133 Å². The lowest BCUT2D eigenvalue weighted by molar-refractivity contribution is 0.1000. The van der Waals surface area contributed by atoms with E-state index in [0.717, 1.165) is 0 Å². The summed E-state index contributed by atoms with van der Waals surface area (Å²) in [4.78, 5) is 15.9. The average Bonchev–Trinajstić information content (AvgIpc) is 2.55. The molecule has 2 N–H and O–H groups in total. The fourth-order valence-corrected chi connectivity index (χ4v) is 3.83. The summed E-state index contributed by atoms with van der Waals surface area (Å²) in [6.45, 7) is 1.78. The zero-order valence-corrected chi connectivity index (χ0v) is 13.2. The number of amides is 1. The molecule has 5 nitrogen and oxygen atoms in total. The summed E-state index contributed by atoms with van der Waals surface area (Å²) in [6, 6.07) is 12.9. The van der Waals surface area contributed by atoms with Gasteiger partial charge in [-0.1, -0.05) is 18.2 Å². The van der Waals surface area contributed by atoms with Crippen molar-refractivity contribution < 1.29 is 13.2 Å². The molecule has 1 amide bonds. The van der Waals surface area contributed by atoms with Gasteiger partial charge >= 0.3 is 0 Å². The quantitative estimate of drug-likeness (QED) is 0.800. The second-order valence-corrected chi connectivity index (χ2v) is 7.17. The van der Waals surface area contributed by atoms with Gasteiger partial charge in [0.1, 0.15) is 0 Å². The van der Waals surface area contributed by atoms with Crippen LogP contribution in [-0.4, -0.2) is 19.3 Å². The van der Waals surface area contributed by atoms with Gasteiger partial charge in [-0.15, -0.1) is 0 Å². The Morgan fingerprint density at radius 3 is 2.39 bits per heavy atom. The molecule has 23 heavy (non-hydrogen) atoms. The van der Waals surface area contributed by atoms with Gasteiger partial charge < -0.3 is 5.73 Å². The van der Waals surface area contributed by atoms with E-state index in [2.05, 4.69) is 4.98 Å². The highest BCUT2D eigenvalue weighted by molar-refractivity contribution is 7.91. The minimum absolute atomic E-state index is 0.164. The topological polar surface area (TPSA) is 90.1 Å². The van der Waals surface area contributed by atoms with Gasteiger partial charge in [-0.25, -0.2) is 8.42 Å². The van der Waals surface area contributed by atoms with Gasteiger partial charge in [0.2, 0.25) is 15.7 Å². The first-order chi connectivity index (χ1) is 10.9. The molecular weight excluding hydrogens is 312 g/mol. The van der Waals surface area contributed by atoms with Crippen molar-refractivity contribution in [3.05, 3.63) is 65.9 Å². The van der Waals surface area contributed by atoms with E-state index in [9.17, 15) is 13.2 Å². The zero-order valence-electron chi connectivity index (χ0n) is 12.4. The van der Waals surface area contributed by atoms with E-state index in [0.29, 0.717) is 16.5 Å². The number of sulfone groups is 1. The number of benzene rings is 2. The maximum atomic E-state index is 12.7. The molecule has 0 bridgehead atoms. The Balaban J connectivity index is 2.25. The third-order valence-corrected chi connectivity index (χ3v) is 5.34. The molecule has 6 heteroatoms. The highest BCUT2D eigenvalue weighted by Gasteiger charge is 2.19. The van der Waals surface area contributed by atoms with E-state index in [1.807, 2.05) is 0 Å². The van der Waals surface area contributed by atoms with Crippen LogP contribution in [0.3, 0.4) is 0 Å². The maximum absolute atomic E-state index is 12.7. The van der Waals surface area contributed by atoms with E-state index >= 15 is 0 Å². The first-order valence-electron chi connectivity index (χ1n) is 6.90. The normalized spacial score (nSPS) is 11.5. The van der Waals surface area contributed by atoms with Crippen molar-refractivity contribution in [2.45, 2.75) is 16.7 Å². The largest absolute Gasteiger partial charge is 0.366 e. The van der Waals surface area contributed by atoms with E-state index in [1.54, 1.807) is 49.4 Å². The Bertz CT molecular complexity index is 1010. The van der Waals surface area contributed by atoms with Crippen molar-refractivity contribution in [1.82, 2.24) is 4.98 Å². The standard InChI is InChI=1S/C17H14N2O3S/c1-11-7-15(23(21,22)14-5-3-2-4-6-14)9-12-8-13(17(18)20)10-19-16(11)12/h2-10H,1H3,(H2,18,20). The van der Waals surface area contributed by atoms with Crippen molar-refractivity contribution in [3.63, 3.8) is 0 Å². The van der Waals surface area contributed by atoms with Crippen LogP contribution < -0.4 is 5.73 Å². The van der Waals surface area contributed by atoms with Crippen molar-refractivity contribution in [1.29, 1.82) is 0 Å². The number of hydrogen-bond donors (Lipinski definition) is 1. The number of aryl methyl sites for hydroxylation is 1. The van der Waals surface area contributed by atoms with E-state index in [1.165, 1.54) is 12.3 Å². The third kappa shape index (κ3) is 2.68. The zero-order chi connectivity index (χ0) is 16.6.